The van der Waals surface area contributed by atoms with E-state index in [4.69, 9.17) is 28.6 Å². The van der Waals surface area contributed by atoms with Gasteiger partial charge in [0.25, 0.3) is 0 Å². The van der Waals surface area contributed by atoms with Crippen LogP contribution in [-0.2, 0) is 0 Å². The van der Waals surface area contributed by atoms with E-state index in [0.717, 1.165) is 10.8 Å². The molecule has 0 fully saturated rings. The van der Waals surface area contributed by atoms with Crippen molar-refractivity contribution in [3.8, 4) is 5.75 Å². The fourth-order valence-corrected chi connectivity index (χ4v) is 2.92. The molecule has 0 atom stereocenters. The second-order valence-electron chi connectivity index (χ2n) is 5.82. The van der Waals surface area contributed by atoms with E-state index in [1.165, 1.54) is 0 Å². The molecule has 3 aromatic rings. The standard InChI is InChI=1S/C21H18ClN3O2S/c1-2-23-21(28)25-24-13-18-17-6-4-3-5-14(17)9-12-19(18)27-20(26)15-7-10-16(22)11-8-15/h3-13H,2H2,1H3,(H2,23,25,28)/b24-13+. The number of halogens is 1. The lowest BCUT2D eigenvalue weighted by Crippen LogP contribution is -2.31. The molecular formula is C21H18ClN3O2S. The molecule has 0 saturated carbocycles. The van der Waals surface area contributed by atoms with Crippen LogP contribution in [0.5, 0.6) is 5.75 Å². The second kappa shape index (κ2) is 9.30. The topological polar surface area (TPSA) is 62.7 Å². The van der Waals surface area contributed by atoms with Crippen LogP contribution in [0.2, 0.25) is 5.02 Å². The first kappa shape index (κ1) is 19.8. The Morgan fingerprint density at radius 3 is 2.64 bits per heavy atom. The smallest absolute Gasteiger partial charge is 0.343 e. The fourth-order valence-electron chi connectivity index (χ4n) is 2.60. The van der Waals surface area contributed by atoms with Gasteiger partial charge in [0.2, 0.25) is 0 Å². The molecule has 28 heavy (non-hydrogen) atoms. The van der Waals surface area contributed by atoms with E-state index < -0.39 is 5.97 Å². The number of hydrogen-bond donors (Lipinski definition) is 2. The van der Waals surface area contributed by atoms with Crippen LogP contribution in [0.1, 0.15) is 22.8 Å². The first-order valence-electron chi connectivity index (χ1n) is 8.65. The van der Waals surface area contributed by atoms with E-state index in [1.54, 1.807) is 36.5 Å². The number of esters is 1. The van der Waals surface area contributed by atoms with Crippen LogP contribution < -0.4 is 15.5 Å². The SMILES string of the molecule is CCNC(=S)N/N=C/c1c(OC(=O)c2ccc(Cl)cc2)ccc2ccccc12. The maximum atomic E-state index is 12.5. The largest absolute Gasteiger partial charge is 0.422 e. The number of nitrogens with zero attached hydrogens (tertiary/aromatic N) is 1. The second-order valence-corrected chi connectivity index (χ2v) is 6.67. The molecule has 142 valence electrons. The van der Waals surface area contributed by atoms with E-state index in [9.17, 15) is 4.79 Å². The Morgan fingerprint density at radius 2 is 1.89 bits per heavy atom. The molecule has 0 aliphatic carbocycles. The van der Waals surface area contributed by atoms with Crippen molar-refractivity contribution in [2.24, 2.45) is 5.10 Å². The van der Waals surface area contributed by atoms with Gasteiger partial charge in [-0.2, -0.15) is 5.10 Å². The molecule has 0 aromatic heterocycles. The van der Waals surface area contributed by atoms with Gasteiger partial charge in [-0.05, 0) is 60.2 Å². The number of thiocarbonyl (C=S) groups is 1. The minimum absolute atomic E-state index is 0.401. The third-order valence-corrected chi connectivity index (χ3v) is 4.40. The lowest BCUT2D eigenvalue weighted by molar-refractivity contribution is 0.0735. The molecule has 7 heteroatoms. The summed E-state index contributed by atoms with van der Waals surface area (Å²) in [5.41, 5.74) is 3.83. The predicted octanol–water partition coefficient (Wildman–Crippen LogP) is 4.53. The fraction of sp³-hybridized carbons (Fsp3) is 0.0952. The van der Waals surface area contributed by atoms with Crippen molar-refractivity contribution in [2.45, 2.75) is 6.92 Å². The van der Waals surface area contributed by atoms with Gasteiger partial charge in [0.05, 0.1) is 11.8 Å². The number of fused-ring (bicyclic) bond motifs is 1. The average Bonchev–Trinajstić information content (AvgIpc) is 2.70. The predicted molar refractivity (Wildman–Crippen MR) is 117 cm³/mol. The molecule has 5 nitrogen and oxygen atoms in total. The monoisotopic (exact) mass is 411 g/mol. The zero-order chi connectivity index (χ0) is 19.9. The van der Waals surface area contributed by atoms with Crippen LogP contribution in [0.15, 0.2) is 65.8 Å². The number of hydrazone groups is 1. The van der Waals surface area contributed by atoms with Crippen LogP contribution in [0.25, 0.3) is 10.8 Å². The normalized spacial score (nSPS) is 10.8. The molecule has 3 rings (SSSR count). The van der Waals surface area contributed by atoms with Gasteiger partial charge in [-0.3, -0.25) is 5.43 Å². The summed E-state index contributed by atoms with van der Waals surface area (Å²) in [5.74, 6) is -0.0729. The van der Waals surface area contributed by atoms with Gasteiger partial charge in [-0.15, -0.1) is 0 Å². The van der Waals surface area contributed by atoms with Crippen molar-refractivity contribution >= 4 is 51.9 Å². The van der Waals surface area contributed by atoms with Crippen LogP contribution in [0.3, 0.4) is 0 Å². The Labute approximate surface area is 173 Å². The Morgan fingerprint density at radius 1 is 1.14 bits per heavy atom. The molecule has 0 amide bonds. The van der Waals surface area contributed by atoms with Gasteiger partial charge in [0, 0.05) is 17.1 Å². The summed E-state index contributed by atoms with van der Waals surface area (Å²) in [6, 6.07) is 18.0. The Kier molecular flexibility index (Phi) is 6.57. The minimum atomic E-state index is -0.474. The van der Waals surface area contributed by atoms with Crippen LogP contribution in [0.4, 0.5) is 0 Å². The molecule has 0 aliphatic rings. The molecule has 0 radical (unpaired) electrons. The minimum Gasteiger partial charge on any atom is -0.422 e. The highest BCUT2D eigenvalue weighted by Gasteiger charge is 2.13. The van der Waals surface area contributed by atoms with Crippen LogP contribution in [0, 0.1) is 0 Å². The lowest BCUT2D eigenvalue weighted by Gasteiger charge is -2.11. The molecule has 3 aromatic carbocycles. The van der Waals surface area contributed by atoms with Crippen molar-refractivity contribution in [1.82, 2.24) is 10.7 Å². The van der Waals surface area contributed by atoms with Crippen molar-refractivity contribution in [3.63, 3.8) is 0 Å². The summed E-state index contributed by atoms with van der Waals surface area (Å²) in [6.07, 6.45) is 1.59. The first-order valence-corrected chi connectivity index (χ1v) is 9.43. The van der Waals surface area contributed by atoms with E-state index in [1.807, 2.05) is 37.3 Å². The van der Waals surface area contributed by atoms with Gasteiger partial charge in [0.15, 0.2) is 5.11 Å². The zero-order valence-electron chi connectivity index (χ0n) is 15.1. The number of carbonyl (C=O) groups excluding carboxylic acids is 1. The van der Waals surface area contributed by atoms with Gasteiger partial charge in [0.1, 0.15) is 5.75 Å². The third-order valence-electron chi connectivity index (χ3n) is 3.91. The number of ether oxygens (including phenoxy) is 1. The molecule has 0 spiro atoms. The summed E-state index contributed by atoms with van der Waals surface area (Å²) < 4.78 is 5.64. The van der Waals surface area contributed by atoms with Crippen molar-refractivity contribution in [1.29, 1.82) is 0 Å². The average molecular weight is 412 g/mol. The summed E-state index contributed by atoms with van der Waals surface area (Å²) >= 11 is 11.0. The molecule has 0 saturated heterocycles. The first-order chi connectivity index (χ1) is 13.6. The summed E-state index contributed by atoms with van der Waals surface area (Å²) in [4.78, 5) is 12.5. The van der Waals surface area contributed by atoms with Crippen molar-refractivity contribution in [2.75, 3.05) is 6.54 Å². The lowest BCUT2D eigenvalue weighted by atomic mass is 10.0. The molecule has 0 bridgehead atoms. The number of carbonyl (C=O) groups is 1. The maximum Gasteiger partial charge on any atom is 0.343 e. The maximum absolute atomic E-state index is 12.5. The van der Waals surface area contributed by atoms with E-state index in [2.05, 4.69) is 15.8 Å². The Hall–Kier alpha value is -2.96. The Balaban J connectivity index is 1.92. The van der Waals surface area contributed by atoms with Crippen LogP contribution >= 0.6 is 23.8 Å². The van der Waals surface area contributed by atoms with Crippen molar-refractivity contribution < 1.29 is 9.53 Å². The molecule has 0 unspecified atom stereocenters. The van der Waals surface area contributed by atoms with Crippen LogP contribution in [-0.4, -0.2) is 23.8 Å². The number of rotatable bonds is 5. The van der Waals surface area contributed by atoms with Gasteiger partial charge in [-0.1, -0.05) is 41.9 Å². The number of benzene rings is 3. The molecule has 2 N–H and O–H groups in total. The molecule has 0 heterocycles. The van der Waals surface area contributed by atoms with E-state index in [-0.39, 0.29) is 0 Å². The molecular weight excluding hydrogens is 394 g/mol. The van der Waals surface area contributed by atoms with Gasteiger partial charge in [-0.25, -0.2) is 4.79 Å². The zero-order valence-corrected chi connectivity index (χ0v) is 16.7. The number of hydrogen-bond acceptors (Lipinski definition) is 4. The van der Waals surface area contributed by atoms with E-state index in [0.29, 0.717) is 33.6 Å². The number of nitrogens with one attached hydrogen (secondary N) is 2. The highest BCUT2D eigenvalue weighted by molar-refractivity contribution is 7.80. The van der Waals surface area contributed by atoms with Gasteiger partial charge >= 0.3 is 5.97 Å². The van der Waals surface area contributed by atoms with E-state index >= 15 is 0 Å². The Bertz CT molecular complexity index is 1040. The van der Waals surface area contributed by atoms with Crippen molar-refractivity contribution in [3.05, 3.63) is 76.8 Å². The summed E-state index contributed by atoms with van der Waals surface area (Å²) in [5, 5.41) is 10.0. The highest BCUT2D eigenvalue weighted by atomic mass is 35.5. The third kappa shape index (κ3) is 4.85. The van der Waals surface area contributed by atoms with Gasteiger partial charge < -0.3 is 10.1 Å². The quantitative estimate of drug-likeness (QED) is 0.212. The summed E-state index contributed by atoms with van der Waals surface area (Å²) in [6.45, 7) is 2.64. The highest BCUT2D eigenvalue weighted by Crippen LogP contribution is 2.27. The molecule has 0 aliphatic heterocycles. The summed E-state index contributed by atoms with van der Waals surface area (Å²) in [7, 11) is 0.